The zero-order valence-electron chi connectivity index (χ0n) is 67.8. The number of carbonyl (C=O) groups is 3. The Morgan fingerprint density at radius 3 is 0.833 bits per heavy atom. The number of quaternary nitrogens is 1. The van der Waals surface area contributed by atoms with Crippen molar-refractivity contribution in [3.8, 4) is 0 Å². The van der Waals surface area contributed by atoms with E-state index in [1.54, 1.807) is 0 Å². The van der Waals surface area contributed by atoms with Gasteiger partial charge in [0, 0.05) is 12.8 Å². The quantitative estimate of drug-likeness (QED) is 0.0211. The van der Waals surface area contributed by atoms with Gasteiger partial charge in [0.2, 0.25) is 0 Å². The fraction of sp³-hybridized carbons (Fsp3) is 0.774. The van der Waals surface area contributed by atoms with Crippen molar-refractivity contribution in [2.24, 2.45) is 0 Å². The topological polar surface area (TPSA) is 108 Å². The van der Waals surface area contributed by atoms with Crippen LogP contribution in [0.2, 0.25) is 0 Å². The number of likely N-dealkylation sites (N-methyl/N-ethyl adjacent to an activating group) is 1. The van der Waals surface area contributed by atoms with Crippen LogP contribution in [0.25, 0.3) is 0 Å². The Hall–Kier alpha value is -4.05. The van der Waals surface area contributed by atoms with Gasteiger partial charge < -0.3 is 28.5 Å². The van der Waals surface area contributed by atoms with Crippen LogP contribution in [-0.4, -0.2) is 87.4 Å². The first-order chi connectivity index (χ1) is 50.1. The van der Waals surface area contributed by atoms with E-state index in [0.717, 1.165) is 103 Å². The Bertz CT molecular complexity index is 2060. The van der Waals surface area contributed by atoms with Crippen molar-refractivity contribution in [3.05, 3.63) is 109 Å². The molecule has 0 aliphatic rings. The molecule has 0 saturated carbocycles. The van der Waals surface area contributed by atoms with Gasteiger partial charge in [0.05, 0.1) is 34.4 Å². The second-order valence-electron chi connectivity index (χ2n) is 30.5. The fourth-order valence-electron chi connectivity index (χ4n) is 12.7. The van der Waals surface area contributed by atoms with Gasteiger partial charge in [-0.3, -0.25) is 9.59 Å². The molecule has 2 atom stereocenters. The van der Waals surface area contributed by atoms with Crippen molar-refractivity contribution in [1.82, 2.24) is 0 Å². The molecule has 0 saturated heterocycles. The maximum Gasteiger partial charge on any atom is 0.361 e. The highest BCUT2D eigenvalue weighted by molar-refractivity contribution is 5.71. The number of hydrogen-bond donors (Lipinski definition) is 1. The van der Waals surface area contributed by atoms with Crippen molar-refractivity contribution < 1.29 is 42.9 Å². The Kier molecular flexibility index (Phi) is 79.3. The highest BCUT2D eigenvalue weighted by Crippen LogP contribution is 2.20. The number of nitrogens with zero attached hydrogens (tertiary/aromatic N) is 1. The maximum absolute atomic E-state index is 13.0. The van der Waals surface area contributed by atoms with Crippen LogP contribution in [0.4, 0.5) is 0 Å². The van der Waals surface area contributed by atoms with E-state index in [1.807, 2.05) is 21.1 Å². The van der Waals surface area contributed by atoms with E-state index < -0.39 is 24.3 Å². The molecule has 9 nitrogen and oxygen atoms in total. The van der Waals surface area contributed by atoms with Crippen molar-refractivity contribution in [2.45, 2.75) is 418 Å². The number of hydrogen-bond acceptors (Lipinski definition) is 7. The lowest BCUT2D eigenvalue weighted by Gasteiger charge is -2.25. The van der Waals surface area contributed by atoms with Gasteiger partial charge in [0.1, 0.15) is 13.2 Å². The van der Waals surface area contributed by atoms with E-state index in [0.29, 0.717) is 23.9 Å². The lowest BCUT2D eigenvalue weighted by molar-refractivity contribution is -0.870. The summed E-state index contributed by atoms with van der Waals surface area (Å²) in [6.45, 7) is 4.81. The van der Waals surface area contributed by atoms with Crippen LogP contribution in [-0.2, 0) is 33.3 Å². The lowest BCUT2D eigenvalue weighted by atomic mass is 10.0. The largest absolute Gasteiger partial charge is 0.477 e. The van der Waals surface area contributed by atoms with Gasteiger partial charge in [0.25, 0.3) is 6.29 Å². The van der Waals surface area contributed by atoms with Crippen LogP contribution in [0.1, 0.15) is 406 Å². The molecule has 102 heavy (non-hydrogen) atoms. The third kappa shape index (κ3) is 83.2. The first-order valence-corrected chi connectivity index (χ1v) is 43.6. The molecule has 0 fully saturated rings. The molecule has 0 radical (unpaired) electrons. The van der Waals surface area contributed by atoms with Crippen molar-refractivity contribution in [2.75, 3.05) is 47.5 Å². The number of carboxylic acids is 1. The molecular formula is C93H166NO8+. The third-order valence-electron chi connectivity index (χ3n) is 19.3. The molecule has 0 spiro atoms. The molecule has 0 aromatic rings. The van der Waals surface area contributed by atoms with Crippen LogP contribution >= 0.6 is 0 Å². The summed E-state index contributed by atoms with van der Waals surface area (Å²) in [4.78, 5) is 37.8. The highest BCUT2D eigenvalue weighted by Gasteiger charge is 2.25. The Balaban J connectivity index is 3.99. The molecule has 0 aromatic carbocycles. The van der Waals surface area contributed by atoms with Gasteiger partial charge in [-0.25, -0.2) is 4.79 Å². The fourth-order valence-corrected chi connectivity index (χ4v) is 12.7. The Morgan fingerprint density at radius 2 is 0.559 bits per heavy atom. The molecule has 0 bridgehead atoms. The molecule has 0 aliphatic carbocycles. The number of esters is 2. The Morgan fingerprint density at radius 1 is 0.304 bits per heavy atom. The number of aliphatic carboxylic acids is 1. The molecule has 2 unspecified atom stereocenters. The molecule has 0 amide bonds. The predicted molar refractivity (Wildman–Crippen MR) is 442 cm³/mol. The normalized spacial score (nSPS) is 13.1. The minimum absolute atomic E-state index is 0.183. The molecule has 9 heteroatoms. The second-order valence-corrected chi connectivity index (χ2v) is 30.5. The van der Waals surface area contributed by atoms with E-state index in [4.69, 9.17) is 18.9 Å². The summed E-state index contributed by atoms with van der Waals surface area (Å²) >= 11 is 0. The van der Waals surface area contributed by atoms with Gasteiger partial charge in [-0.05, 0) is 83.5 Å². The minimum Gasteiger partial charge on any atom is -0.477 e. The van der Waals surface area contributed by atoms with Gasteiger partial charge >= 0.3 is 17.9 Å². The average molecular weight is 1430 g/mol. The highest BCUT2D eigenvalue weighted by atomic mass is 16.7. The van der Waals surface area contributed by atoms with E-state index >= 15 is 0 Å². The first-order valence-electron chi connectivity index (χ1n) is 43.6. The zero-order valence-corrected chi connectivity index (χ0v) is 67.8. The standard InChI is InChI=1S/C93H165NO8/c1-6-8-10-12-14-16-18-20-22-24-26-28-30-32-34-36-38-40-42-44-46-48-50-52-54-56-58-60-62-64-66-68-70-72-74-76-78-80-82-84-91(96)102-89(88-101-93(92(97)98)99-86-85-94(3,4)5)87-100-90(95)83-81-79-77-75-73-71-69-67-65-63-61-59-57-55-53-51-49-47-45-43-41-39-37-35-33-31-29-27-25-23-21-19-17-15-13-11-9-7-2/h8,10,14,16,20,22,26,28,32,34,38,40,44,46,50,52,56,58,89,93H,6-7,9,11-13,15,17-19,21,23-25,27,29-31,33,35-37,39,41-43,45,47-49,51,53-55,57,59-88H2,1-5H3/p+1/b10-8-,16-14-,22-20-,28-26-,34-32-,40-38-,46-44-,52-50-,58-56-. The molecule has 0 aromatic heterocycles. The van der Waals surface area contributed by atoms with Gasteiger partial charge in [-0.15, -0.1) is 0 Å². The molecule has 590 valence electrons. The number of carboxylic acid groups (broad SMARTS) is 1. The summed E-state index contributed by atoms with van der Waals surface area (Å²) in [5.41, 5.74) is 0. The summed E-state index contributed by atoms with van der Waals surface area (Å²) in [6, 6.07) is 0. The minimum atomic E-state index is -1.52. The SMILES string of the molecule is CC/C=C\C/C=C\C/C=C\C/C=C\C/C=C\C/C=C\C/C=C\C/C=C\C/C=C\CCCCCCCCCCCCCC(=O)OC(COC(=O)CCCCCCCCCCCCCCCCCCCCCCCCCCCCCCCCCCCCCCCC)COC(OCC[N+](C)(C)C)C(=O)O. The summed E-state index contributed by atoms with van der Waals surface area (Å²) in [5, 5.41) is 9.79. The van der Waals surface area contributed by atoms with Crippen LogP contribution in [0.15, 0.2) is 109 Å². The smallest absolute Gasteiger partial charge is 0.361 e. The second kappa shape index (κ2) is 82.6. The predicted octanol–water partition coefficient (Wildman–Crippen LogP) is 28.4. The molecular weight excluding hydrogens is 1260 g/mol. The van der Waals surface area contributed by atoms with E-state index in [1.165, 1.54) is 270 Å². The molecule has 1 N–H and O–H groups in total. The zero-order chi connectivity index (χ0) is 73.9. The van der Waals surface area contributed by atoms with Crippen molar-refractivity contribution in [1.29, 1.82) is 0 Å². The van der Waals surface area contributed by atoms with E-state index in [9.17, 15) is 19.5 Å². The van der Waals surface area contributed by atoms with Crippen LogP contribution < -0.4 is 0 Å². The average Bonchev–Trinajstić information content (AvgIpc) is 0.997. The number of rotatable bonds is 81. The Labute approximate surface area is 632 Å². The van der Waals surface area contributed by atoms with Crippen LogP contribution in [0.3, 0.4) is 0 Å². The van der Waals surface area contributed by atoms with Crippen LogP contribution in [0, 0.1) is 0 Å². The van der Waals surface area contributed by atoms with Crippen molar-refractivity contribution in [3.63, 3.8) is 0 Å². The number of allylic oxidation sites excluding steroid dienone is 18. The van der Waals surface area contributed by atoms with Gasteiger partial charge in [-0.1, -0.05) is 419 Å². The first kappa shape index (κ1) is 98.0. The van der Waals surface area contributed by atoms with E-state index in [2.05, 4.69) is 123 Å². The summed E-state index contributed by atoms with van der Waals surface area (Å²) < 4.78 is 23.1. The molecule has 0 heterocycles. The monoisotopic (exact) mass is 1430 g/mol. The maximum atomic E-state index is 13.0. The summed E-state index contributed by atoms with van der Waals surface area (Å²) in [5.74, 6) is -1.99. The summed E-state index contributed by atoms with van der Waals surface area (Å²) in [7, 11) is 5.99. The van der Waals surface area contributed by atoms with Gasteiger partial charge in [-0.2, -0.15) is 0 Å². The van der Waals surface area contributed by atoms with Crippen molar-refractivity contribution >= 4 is 17.9 Å². The van der Waals surface area contributed by atoms with E-state index in [-0.39, 0.29) is 32.2 Å². The molecule has 0 aliphatic heterocycles. The lowest BCUT2D eigenvalue weighted by Crippen LogP contribution is -2.40. The molecule has 0 rings (SSSR count). The number of unbranched alkanes of at least 4 members (excludes halogenated alkanes) is 48. The summed E-state index contributed by atoms with van der Waals surface area (Å²) in [6.07, 6.45) is 114. The third-order valence-corrected chi connectivity index (χ3v) is 19.3. The number of ether oxygens (including phenoxy) is 4. The van der Waals surface area contributed by atoms with Crippen LogP contribution in [0.5, 0.6) is 0 Å². The number of carbonyl (C=O) groups excluding carboxylic acids is 2. The van der Waals surface area contributed by atoms with Gasteiger partial charge in [0.15, 0.2) is 6.10 Å².